The standard InChI is InChI=1S/C30H26N2O3/c1-3-34-26-15-13-25(14-16-26)32-30(33)24(19-31)18-28-27-7-5-4-6-23(27)12-17-29(28)35-20-22-10-8-21(2)9-11-22/h4-18H,3,20H2,1-2H3,(H,32,33)/b24-18-. The van der Waals surface area contributed by atoms with Crippen LogP contribution in [0, 0.1) is 18.3 Å². The van der Waals surface area contributed by atoms with E-state index in [4.69, 9.17) is 9.47 Å². The molecule has 0 atom stereocenters. The van der Waals surface area contributed by atoms with E-state index in [1.54, 1.807) is 30.3 Å². The molecular formula is C30H26N2O3. The average molecular weight is 463 g/mol. The Morgan fingerprint density at radius 3 is 2.40 bits per heavy atom. The molecular weight excluding hydrogens is 436 g/mol. The van der Waals surface area contributed by atoms with E-state index in [9.17, 15) is 10.1 Å². The van der Waals surface area contributed by atoms with Gasteiger partial charge in [0.25, 0.3) is 5.91 Å². The number of nitriles is 1. The van der Waals surface area contributed by atoms with E-state index in [-0.39, 0.29) is 5.57 Å². The fraction of sp³-hybridized carbons (Fsp3) is 0.133. The highest BCUT2D eigenvalue weighted by molar-refractivity contribution is 6.11. The molecule has 35 heavy (non-hydrogen) atoms. The monoisotopic (exact) mass is 462 g/mol. The van der Waals surface area contributed by atoms with E-state index in [0.29, 0.717) is 36.0 Å². The first-order valence-corrected chi connectivity index (χ1v) is 11.4. The second-order valence-corrected chi connectivity index (χ2v) is 8.05. The molecule has 0 spiro atoms. The van der Waals surface area contributed by atoms with Crippen molar-refractivity contribution in [3.05, 3.63) is 107 Å². The van der Waals surface area contributed by atoms with Gasteiger partial charge in [0.15, 0.2) is 0 Å². The van der Waals surface area contributed by atoms with Crippen LogP contribution in [0.1, 0.15) is 23.6 Å². The summed E-state index contributed by atoms with van der Waals surface area (Å²) in [4.78, 5) is 12.9. The number of fused-ring (bicyclic) bond motifs is 1. The number of aryl methyl sites for hydroxylation is 1. The molecule has 0 saturated carbocycles. The first-order valence-electron chi connectivity index (χ1n) is 11.4. The van der Waals surface area contributed by atoms with E-state index in [0.717, 1.165) is 16.3 Å². The van der Waals surface area contributed by atoms with Crippen LogP contribution < -0.4 is 14.8 Å². The summed E-state index contributed by atoms with van der Waals surface area (Å²) in [7, 11) is 0. The van der Waals surface area contributed by atoms with Gasteiger partial charge in [0.1, 0.15) is 29.7 Å². The number of nitrogens with one attached hydrogen (secondary N) is 1. The molecule has 0 unspecified atom stereocenters. The highest BCUT2D eigenvalue weighted by atomic mass is 16.5. The number of hydrogen-bond donors (Lipinski definition) is 1. The third-order valence-corrected chi connectivity index (χ3v) is 5.52. The van der Waals surface area contributed by atoms with E-state index >= 15 is 0 Å². The fourth-order valence-electron chi connectivity index (χ4n) is 3.69. The molecule has 174 valence electrons. The summed E-state index contributed by atoms with van der Waals surface area (Å²) in [6.07, 6.45) is 1.59. The fourth-order valence-corrected chi connectivity index (χ4v) is 3.69. The molecule has 1 amide bonds. The summed E-state index contributed by atoms with van der Waals surface area (Å²) >= 11 is 0. The number of nitrogens with zero attached hydrogens (tertiary/aromatic N) is 1. The predicted molar refractivity (Wildman–Crippen MR) is 139 cm³/mol. The Balaban J connectivity index is 1.64. The Bertz CT molecular complexity index is 1400. The molecule has 0 aliphatic carbocycles. The van der Waals surface area contributed by atoms with Crippen LogP contribution in [0.4, 0.5) is 5.69 Å². The Labute approximate surface area is 205 Å². The minimum Gasteiger partial charge on any atom is -0.494 e. The quantitative estimate of drug-likeness (QED) is 0.234. The van der Waals surface area contributed by atoms with Gasteiger partial charge in [0, 0.05) is 11.3 Å². The van der Waals surface area contributed by atoms with Crippen LogP contribution in [0.2, 0.25) is 0 Å². The second-order valence-electron chi connectivity index (χ2n) is 8.05. The SMILES string of the molecule is CCOc1ccc(NC(=O)/C(C#N)=C\c2c(OCc3ccc(C)cc3)ccc3ccccc23)cc1. The lowest BCUT2D eigenvalue weighted by atomic mass is 10.0. The van der Waals surface area contributed by atoms with Crippen LogP contribution in [0.15, 0.2) is 90.5 Å². The van der Waals surface area contributed by atoms with Crippen molar-refractivity contribution < 1.29 is 14.3 Å². The first kappa shape index (κ1) is 23.6. The van der Waals surface area contributed by atoms with E-state index < -0.39 is 5.91 Å². The molecule has 4 aromatic rings. The molecule has 0 saturated heterocycles. The zero-order valence-electron chi connectivity index (χ0n) is 19.7. The molecule has 0 aliphatic heterocycles. The molecule has 0 aliphatic rings. The average Bonchev–Trinajstić information content (AvgIpc) is 2.88. The van der Waals surface area contributed by atoms with Crippen molar-refractivity contribution in [1.29, 1.82) is 5.26 Å². The number of carbonyl (C=O) groups is 1. The van der Waals surface area contributed by atoms with Gasteiger partial charge in [0.2, 0.25) is 0 Å². The normalized spacial score (nSPS) is 11.1. The zero-order chi connectivity index (χ0) is 24.6. The molecule has 0 aromatic heterocycles. The maximum Gasteiger partial charge on any atom is 0.266 e. The number of benzene rings is 4. The number of rotatable bonds is 8. The van der Waals surface area contributed by atoms with Gasteiger partial charge < -0.3 is 14.8 Å². The van der Waals surface area contributed by atoms with E-state index in [2.05, 4.69) is 5.32 Å². The summed E-state index contributed by atoms with van der Waals surface area (Å²) in [5, 5.41) is 14.5. The van der Waals surface area contributed by atoms with Crippen LogP contribution in [0.25, 0.3) is 16.8 Å². The first-order chi connectivity index (χ1) is 17.1. The van der Waals surface area contributed by atoms with Gasteiger partial charge in [-0.2, -0.15) is 5.26 Å². The number of ether oxygens (including phenoxy) is 2. The Morgan fingerprint density at radius 2 is 1.69 bits per heavy atom. The van der Waals surface area contributed by atoms with Crippen LogP contribution in [-0.4, -0.2) is 12.5 Å². The number of anilines is 1. The Morgan fingerprint density at radius 1 is 0.943 bits per heavy atom. The second kappa shape index (κ2) is 11.0. The highest BCUT2D eigenvalue weighted by Gasteiger charge is 2.14. The number of hydrogen-bond acceptors (Lipinski definition) is 4. The minimum absolute atomic E-state index is 0.0181. The van der Waals surface area contributed by atoms with Crippen LogP contribution >= 0.6 is 0 Å². The maximum atomic E-state index is 12.9. The molecule has 5 nitrogen and oxygen atoms in total. The highest BCUT2D eigenvalue weighted by Crippen LogP contribution is 2.31. The lowest BCUT2D eigenvalue weighted by Crippen LogP contribution is -2.13. The van der Waals surface area contributed by atoms with Crippen LogP contribution in [-0.2, 0) is 11.4 Å². The third-order valence-electron chi connectivity index (χ3n) is 5.52. The summed E-state index contributed by atoms with van der Waals surface area (Å²) in [6, 6.07) is 28.9. The maximum absolute atomic E-state index is 12.9. The Hall–Kier alpha value is -4.56. The van der Waals surface area contributed by atoms with E-state index in [1.165, 1.54) is 5.56 Å². The Kier molecular flexibility index (Phi) is 7.44. The van der Waals surface area contributed by atoms with Crippen molar-refractivity contribution >= 4 is 28.4 Å². The molecule has 1 N–H and O–H groups in total. The summed E-state index contributed by atoms with van der Waals surface area (Å²) < 4.78 is 11.6. The van der Waals surface area contributed by atoms with Gasteiger partial charge in [-0.25, -0.2) is 0 Å². The lowest BCUT2D eigenvalue weighted by Gasteiger charge is -2.13. The summed E-state index contributed by atoms with van der Waals surface area (Å²) in [5.41, 5.74) is 3.46. The largest absolute Gasteiger partial charge is 0.494 e. The smallest absolute Gasteiger partial charge is 0.266 e. The summed E-state index contributed by atoms with van der Waals surface area (Å²) in [6.45, 7) is 4.89. The summed E-state index contributed by atoms with van der Waals surface area (Å²) in [5.74, 6) is 0.827. The number of amides is 1. The van der Waals surface area contributed by atoms with Crippen molar-refractivity contribution in [1.82, 2.24) is 0 Å². The molecule has 0 heterocycles. The third kappa shape index (κ3) is 5.87. The van der Waals surface area contributed by atoms with Crippen molar-refractivity contribution in [2.75, 3.05) is 11.9 Å². The lowest BCUT2D eigenvalue weighted by molar-refractivity contribution is -0.112. The van der Waals surface area contributed by atoms with Crippen molar-refractivity contribution in [2.45, 2.75) is 20.5 Å². The molecule has 0 radical (unpaired) electrons. The molecule has 0 fully saturated rings. The van der Waals surface area contributed by atoms with Gasteiger partial charge in [-0.15, -0.1) is 0 Å². The van der Waals surface area contributed by atoms with Crippen molar-refractivity contribution in [2.24, 2.45) is 0 Å². The topological polar surface area (TPSA) is 71.3 Å². The van der Waals surface area contributed by atoms with Gasteiger partial charge in [0.05, 0.1) is 6.61 Å². The molecule has 4 rings (SSSR count). The van der Waals surface area contributed by atoms with E-state index in [1.807, 2.05) is 80.6 Å². The van der Waals surface area contributed by atoms with Crippen LogP contribution in [0.5, 0.6) is 11.5 Å². The predicted octanol–water partition coefficient (Wildman–Crippen LogP) is 6.67. The number of carbonyl (C=O) groups excluding carboxylic acids is 1. The zero-order valence-corrected chi connectivity index (χ0v) is 19.7. The van der Waals surface area contributed by atoms with Crippen molar-refractivity contribution in [3.63, 3.8) is 0 Å². The van der Waals surface area contributed by atoms with Crippen molar-refractivity contribution in [3.8, 4) is 17.6 Å². The van der Waals surface area contributed by atoms with Crippen LogP contribution in [0.3, 0.4) is 0 Å². The van der Waals surface area contributed by atoms with Gasteiger partial charge >= 0.3 is 0 Å². The van der Waals surface area contributed by atoms with Gasteiger partial charge in [-0.3, -0.25) is 4.79 Å². The molecule has 0 bridgehead atoms. The van der Waals surface area contributed by atoms with Gasteiger partial charge in [-0.1, -0.05) is 60.2 Å². The molecule has 4 aromatic carbocycles. The minimum atomic E-state index is -0.492. The molecule has 5 heteroatoms. The van der Waals surface area contributed by atoms with Gasteiger partial charge in [-0.05, 0) is 66.6 Å².